The molecular formula is C17H27N3O. The van der Waals surface area contributed by atoms with Gasteiger partial charge in [-0.1, -0.05) is 19.9 Å². The quantitative estimate of drug-likeness (QED) is 0.927. The van der Waals surface area contributed by atoms with Crippen LogP contribution in [0, 0.1) is 11.8 Å². The number of rotatable bonds is 3. The summed E-state index contributed by atoms with van der Waals surface area (Å²) in [6, 6.07) is 6.19. The molecule has 1 saturated heterocycles. The molecule has 1 aliphatic heterocycles. The summed E-state index contributed by atoms with van der Waals surface area (Å²) in [4.78, 5) is 19.2. The van der Waals surface area contributed by atoms with Crippen LogP contribution in [0.4, 0.5) is 5.82 Å². The van der Waals surface area contributed by atoms with Crippen LogP contribution in [0.2, 0.25) is 0 Å². The number of carbonyl (C=O) groups excluding carboxylic acids is 1. The highest BCUT2D eigenvalue weighted by atomic mass is 16.2. The van der Waals surface area contributed by atoms with Crippen molar-refractivity contribution in [2.24, 2.45) is 11.8 Å². The second kappa shape index (κ2) is 6.46. The summed E-state index contributed by atoms with van der Waals surface area (Å²) in [5.41, 5.74) is 0.536. The van der Waals surface area contributed by atoms with Crippen LogP contribution in [-0.4, -0.2) is 34.4 Å². The van der Waals surface area contributed by atoms with Crippen LogP contribution in [0.25, 0.3) is 0 Å². The van der Waals surface area contributed by atoms with Gasteiger partial charge < -0.3 is 10.2 Å². The Morgan fingerprint density at radius 3 is 2.71 bits per heavy atom. The van der Waals surface area contributed by atoms with Crippen molar-refractivity contribution >= 4 is 11.7 Å². The van der Waals surface area contributed by atoms with Gasteiger partial charge in [0.2, 0.25) is 0 Å². The van der Waals surface area contributed by atoms with E-state index < -0.39 is 0 Å². The molecule has 0 aliphatic carbocycles. The highest BCUT2D eigenvalue weighted by molar-refractivity contribution is 5.93. The number of anilines is 1. The Labute approximate surface area is 127 Å². The first-order chi connectivity index (χ1) is 9.88. The third kappa shape index (κ3) is 3.74. The van der Waals surface area contributed by atoms with E-state index in [2.05, 4.69) is 44.9 Å². The summed E-state index contributed by atoms with van der Waals surface area (Å²) in [6.45, 7) is 11.5. The van der Waals surface area contributed by atoms with Gasteiger partial charge in [-0.3, -0.25) is 4.79 Å². The number of carbonyl (C=O) groups is 1. The van der Waals surface area contributed by atoms with Crippen LogP contribution >= 0.6 is 0 Å². The van der Waals surface area contributed by atoms with Crippen LogP contribution in [-0.2, 0) is 0 Å². The summed E-state index contributed by atoms with van der Waals surface area (Å²) in [7, 11) is 0. The van der Waals surface area contributed by atoms with Gasteiger partial charge in [-0.25, -0.2) is 4.98 Å². The van der Waals surface area contributed by atoms with E-state index in [0.717, 1.165) is 12.4 Å². The largest absolute Gasteiger partial charge is 0.368 e. The predicted molar refractivity (Wildman–Crippen MR) is 86.4 cm³/mol. The summed E-state index contributed by atoms with van der Waals surface area (Å²) < 4.78 is 0. The lowest BCUT2D eigenvalue weighted by atomic mass is 9.86. The zero-order valence-corrected chi connectivity index (χ0v) is 13.8. The molecule has 2 heterocycles. The fourth-order valence-electron chi connectivity index (χ4n) is 3.06. The minimum atomic E-state index is 0.0494. The maximum absolute atomic E-state index is 12.8. The number of hydrogen-bond acceptors (Lipinski definition) is 3. The number of pyridine rings is 1. The van der Waals surface area contributed by atoms with Crippen molar-refractivity contribution in [3.05, 3.63) is 23.9 Å². The Kier molecular flexibility index (Phi) is 4.86. The molecule has 1 aromatic heterocycles. The molecule has 1 amide bonds. The van der Waals surface area contributed by atoms with Gasteiger partial charge in [-0.2, -0.15) is 0 Å². The molecule has 1 N–H and O–H groups in total. The zero-order chi connectivity index (χ0) is 15.6. The molecule has 1 fully saturated rings. The van der Waals surface area contributed by atoms with Crippen molar-refractivity contribution in [2.45, 2.75) is 53.1 Å². The normalized spacial score (nSPS) is 26.0. The molecule has 3 unspecified atom stereocenters. The van der Waals surface area contributed by atoms with Crippen molar-refractivity contribution < 1.29 is 4.79 Å². The van der Waals surface area contributed by atoms with Crippen molar-refractivity contribution in [1.29, 1.82) is 0 Å². The Bertz CT molecular complexity index is 501. The Balaban J connectivity index is 2.19. The first-order valence-electron chi connectivity index (χ1n) is 7.93. The first-order valence-corrected chi connectivity index (χ1v) is 7.93. The SMILES string of the molecule is CC1CC(C)C(C)N(C(=O)c2cccc(NC(C)C)n2)C1. The molecule has 4 nitrogen and oxygen atoms in total. The van der Waals surface area contributed by atoms with Crippen LogP contribution in [0.5, 0.6) is 0 Å². The van der Waals surface area contributed by atoms with E-state index in [9.17, 15) is 4.79 Å². The number of amides is 1. The van der Waals surface area contributed by atoms with Gasteiger partial charge in [0.05, 0.1) is 0 Å². The van der Waals surface area contributed by atoms with Gasteiger partial charge in [0.15, 0.2) is 0 Å². The third-order valence-corrected chi connectivity index (χ3v) is 4.26. The van der Waals surface area contributed by atoms with E-state index in [0.29, 0.717) is 23.6 Å². The fourth-order valence-corrected chi connectivity index (χ4v) is 3.06. The Hall–Kier alpha value is -1.58. The molecule has 116 valence electrons. The highest BCUT2D eigenvalue weighted by Crippen LogP contribution is 2.28. The summed E-state index contributed by atoms with van der Waals surface area (Å²) in [5, 5.41) is 3.25. The van der Waals surface area contributed by atoms with Gasteiger partial charge in [0.25, 0.3) is 5.91 Å². The van der Waals surface area contributed by atoms with Crippen molar-refractivity contribution in [3.8, 4) is 0 Å². The van der Waals surface area contributed by atoms with Crippen LogP contribution < -0.4 is 5.32 Å². The average molecular weight is 289 g/mol. The number of aromatic nitrogens is 1. The second-order valence-electron chi connectivity index (χ2n) is 6.72. The van der Waals surface area contributed by atoms with Gasteiger partial charge in [-0.05, 0) is 51.2 Å². The van der Waals surface area contributed by atoms with Gasteiger partial charge >= 0.3 is 0 Å². The van der Waals surface area contributed by atoms with Crippen LogP contribution in [0.1, 0.15) is 51.5 Å². The van der Waals surface area contributed by atoms with Gasteiger partial charge in [-0.15, -0.1) is 0 Å². The van der Waals surface area contributed by atoms with Gasteiger partial charge in [0.1, 0.15) is 11.5 Å². The standard InChI is InChI=1S/C17H27N3O/c1-11(2)18-16-8-6-7-15(19-16)17(21)20-10-12(3)9-13(4)14(20)5/h6-8,11-14H,9-10H2,1-5H3,(H,18,19). The van der Waals surface area contributed by atoms with E-state index in [1.807, 2.05) is 23.1 Å². The first kappa shape index (κ1) is 15.8. The van der Waals surface area contributed by atoms with Crippen molar-refractivity contribution in [1.82, 2.24) is 9.88 Å². The van der Waals surface area contributed by atoms with E-state index in [-0.39, 0.29) is 11.9 Å². The molecular weight excluding hydrogens is 262 g/mol. The molecule has 4 heteroatoms. The van der Waals surface area contributed by atoms with Crippen LogP contribution in [0.15, 0.2) is 18.2 Å². The number of piperidine rings is 1. The third-order valence-electron chi connectivity index (χ3n) is 4.26. The minimum absolute atomic E-state index is 0.0494. The smallest absolute Gasteiger partial charge is 0.272 e. The number of nitrogens with zero attached hydrogens (tertiary/aromatic N) is 2. The van der Waals surface area contributed by atoms with E-state index >= 15 is 0 Å². The molecule has 0 saturated carbocycles. The lowest BCUT2D eigenvalue weighted by Crippen LogP contribution is -2.49. The lowest BCUT2D eigenvalue weighted by Gasteiger charge is -2.41. The highest BCUT2D eigenvalue weighted by Gasteiger charge is 2.32. The maximum atomic E-state index is 12.8. The monoisotopic (exact) mass is 289 g/mol. The molecule has 1 aliphatic rings. The van der Waals surface area contributed by atoms with Crippen molar-refractivity contribution in [2.75, 3.05) is 11.9 Å². The minimum Gasteiger partial charge on any atom is -0.368 e. The number of likely N-dealkylation sites (tertiary alicyclic amines) is 1. The molecule has 0 bridgehead atoms. The molecule has 0 aromatic carbocycles. The molecule has 1 aromatic rings. The summed E-state index contributed by atoms with van der Waals surface area (Å²) >= 11 is 0. The number of hydrogen-bond donors (Lipinski definition) is 1. The van der Waals surface area contributed by atoms with Gasteiger partial charge in [0, 0.05) is 18.6 Å². The van der Waals surface area contributed by atoms with E-state index in [1.165, 1.54) is 6.42 Å². The molecule has 2 rings (SSSR count). The molecule has 21 heavy (non-hydrogen) atoms. The van der Waals surface area contributed by atoms with E-state index in [1.54, 1.807) is 0 Å². The molecule has 0 radical (unpaired) electrons. The Morgan fingerprint density at radius 1 is 1.33 bits per heavy atom. The average Bonchev–Trinajstić information content (AvgIpc) is 2.41. The summed E-state index contributed by atoms with van der Waals surface area (Å²) in [6.07, 6.45) is 1.19. The van der Waals surface area contributed by atoms with Crippen LogP contribution in [0.3, 0.4) is 0 Å². The van der Waals surface area contributed by atoms with E-state index in [4.69, 9.17) is 0 Å². The second-order valence-corrected chi connectivity index (χ2v) is 6.72. The summed E-state index contributed by atoms with van der Waals surface area (Å²) in [5.74, 6) is 1.90. The lowest BCUT2D eigenvalue weighted by molar-refractivity contribution is 0.0450. The zero-order valence-electron chi connectivity index (χ0n) is 13.8. The van der Waals surface area contributed by atoms with Crippen molar-refractivity contribution in [3.63, 3.8) is 0 Å². The topological polar surface area (TPSA) is 45.2 Å². The maximum Gasteiger partial charge on any atom is 0.272 e. The number of nitrogens with one attached hydrogen (secondary N) is 1. The fraction of sp³-hybridized carbons (Fsp3) is 0.647. The Morgan fingerprint density at radius 2 is 2.05 bits per heavy atom. The molecule has 0 spiro atoms. The molecule has 3 atom stereocenters. The predicted octanol–water partition coefficient (Wildman–Crippen LogP) is 3.41.